The lowest BCUT2D eigenvalue weighted by molar-refractivity contribution is 0.198. The first kappa shape index (κ1) is 13.3. The third-order valence-corrected chi connectivity index (χ3v) is 3.10. The van der Waals surface area contributed by atoms with Crippen molar-refractivity contribution in [1.82, 2.24) is 5.32 Å². The first-order chi connectivity index (χ1) is 8.79. The van der Waals surface area contributed by atoms with Crippen LogP contribution in [0, 0.1) is 0 Å². The predicted molar refractivity (Wildman–Crippen MR) is 75.4 cm³/mol. The molecule has 18 heavy (non-hydrogen) atoms. The average Bonchev–Trinajstić information content (AvgIpc) is 2.84. The predicted octanol–water partition coefficient (Wildman–Crippen LogP) is 3.45. The van der Waals surface area contributed by atoms with Crippen LogP contribution in [0.1, 0.15) is 5.76 Å². The van der Waals surface area contributed by atoms with Gasteiger partial charge in [-0.25, -0.2) is 0 Å². The fourth-order valence-corrected chi connectivity index (χ4v) is 1.89. The van der Waals surface area contributed by atoms with Crippen LogP contribution in [-0.2, 0) is 11.3 Å². The molecule has 0 aliphatic carbocycles. The van der Waals surface area contributed by atoms with Gasteiger partial charge in [-0.3, -0.25) is 0 Å². The van der Waals surface area contributed by atoms with Gasteiger partial charge in [-0.15, -0.1) is 0 Å². The van der Waals surface area contributed by atoms with E-state index in [4.69, 9.17) is 9.15 Å². The number of rotatable bonds is 6. The van der Waals surface area contributed by atoms with E-state index in [-0.39, 0.29) is 0 Å². The number of methoxy groups -OCH3 is 1. The van der Waals surface area contributed by atoms with Crippen LogP contribution in [0.2, 0.25) is 0 Å². The highest BCUT2D eigenvalue weighted by atomic mass is 79.9. The van der Waals surface area contributed by atoms with Gasteiger partial charge in [-0.05, 0) is 24.3 Å². The summed E-state index contributed by atoms with van der Waals surface area (Å²) < 4.78 is 11.8. The lowest BCUT2D eigenvalue weighted by atomic mass is 10.2. The van der Waals surface area contributed by atoms with Crippen LogP contribution >= 0.6 is 15.9 Å². The maximum Gasteiger partial charge on any atom is 0.134 e. The first-order valence-electron chi connectivity index (χ1n) is 5.84. The monoisotopic (exact) mass is 309 g/mol. The molecule has 0 unspecified atom stereocenters. The van der Waals surface area contributed by atoms with Crippen LogP contribution in [0.3, 0.4) is 0 Å². The van der Waals surface area contributed by atoms with Gasteiger partial charge >= 0.3 is 0 Å². The standard InChI is InChI=1S/C14H16BrNO2/c1-17-9-8-16-10-13-6-7-14(18-13)11-2-4-12(15)5-3-11/h2-7,16H,8-10H2,1H3. The van der Waals surface area contributed by atoms with Crippen molar-refractivity contribution in [3.8, 4) is 11.3 Å². The molecule has 96 valence electrons. The molecule has 0 atom stereocenters. The van der Waals surface area contributed by atoms with Gasteiger partial charge in [0.1, 0.15) is 11.5 Å². The highest BCUT2D eigenvalue weighted by Crippen LogP contribution is 2.23. The van der Waals surface area contributed by atoms with Crippen molar-refractivity contribution in [2.45, 2.75) is 6.54 Å². The van der Waals surface area contributed by atoms with Gasteiger partial charge in [0.05, 0.1) is 13.2 Å². The maximum atomic E-state index is 5.77. The Bertz CT molecular complexity index is 479. The van der Waals surface area contributed by atoms with E-state index in [1.165, 1.54) is 0 Å². The molecule has 3 nitrogen and oxygen atoms in total. The van der Waals surface area contributed by atoms with Crippen LogP contribution < -0.4 is 5.32 Å². The molecule has 4 heteroatoms. The minimum atomic E-state index is 0.709. The summed E-state index contributed by atoms with van der Waals surface area (Å²) in [5.74, 6) is 1.83. The highest BCUT2D eigenvalue weighted by Gasteiger charge is 2.04. The van der Waals surface area contributed by atoms with Crippen molar-refractivity contribution in [2.24, 2.45) is 0 Å². The van der Waals surface area contributed by atoms with Crippen molar-refractivity contribution in [3.05, 3.63) is 46.6 Å². The smallest absolute Gasteiger partial charge is 0.134 e. The lowest BCUT2D eigenvalue weighted by Gasteiger charge is -2.01. The Labute approximate surface area is 115 Å². The molecule has 0 bridgehead atoms. The SMILES string of the molecule is COCCNCc1ccc(-c2ccc(Br)cc2)o1. The second kappa shape index (κ2) is 6.73. The van der Waals surface area contributed by atoms with Crippen LogP contribution in [0.25, 0.3) is 11.3 Å². The Morgan fingerprint density at radius 1 is 1.17 bits per heavy atom. The number of halogens is 1. The molecule has 0 aliphatic heterocycles. The van der Waals surface area contributed by atoms with E-state index in [1.54, 1.807) is 7.11 Å². The summed E-state index contributed by atoms with van der Waals surface area (Å²) in [7, 11) is 1.69. The summed E-state index contributed by atoms with van der Waals surface area (Å²) in [4.78, 5) is 0. The Kier molecular flexibility index (Phi) is 4.99. The van der Waals surface area contributed by atoms with E-state index < -0.39 is 0 Å². The van der Waals surface area contributed by atoms with Gasteiger partial charge in [0.25, 0.3) is 0 Å². The van der Waals surface area contributed by atoms with Gasteiger partial charge in [-0.1, -0.05) is 28.1 Å². The first-order valence-corrected chi connectivity index (χ1v) is 6.63. The van der Waals surface area contributed by atoms with Crippen molar-refractivity contribution in [1.29, 1.82) is 0 Å². The molecule has 2 rings (SSSR count). The normalized spacial score (nSPS) is 10.8. The van der Waals surface area contributed by atoms with Crippen LogP contribution in [-0.4, -0.2) is 20.3 Å². The number of benzene rings is 1. The van der Waals surface area contributed by atoms with Crippen LogP contribution in [0.15, 0.2) is 45.3 Å². The van der Waals surface area contributed by atoms with Gasteiger partial charge in [0.15, 0.2) is 0 Å². The third kappa shape index (κ3) is 3.70. The fraction of sp³-hybridized carbons (Fsp3) is 0.286. The third-order valence-electron chi connectivity index (χ3n) is 2.57. The van der Waals surface area contributed by atoms with E-state index in [1.807, 2.05) is 36.4 Å². The molecule has 0 saturated heterocycles. The van der Waals surface area contributed by atoms with Crippen molar-refractivity contribution < 1.29 is 9.15 Å². The Balaban J connectivity index is 1.95. The molecule has 0 aliphatic rings. The second-order valence-corrected chi connectivity index (χ2v) is 4.86. The molecule has 0 saturated carbocycles. The number of ether oxygens (including phenoxy) is 1. The van der Waals surface area contributed by atoms with Gasteiger partial charge in [-0.2, -0.15) is 0 Å². The minimum Gasteiger partial charge on any atom is -0.460 e. The van der Waals surface area contributed by atoms with Crippen molar-refractivity contribution in [3.63, 3.8) is 0 Å². The van der Waals surface area contributed by atoms with E-state index in [2.05, 4.69) is 21.2 Å². The largest absolute Gasteiger partial charge is 0.460 e. The molecule has 0 radical (unpaired) electrons. The molecule has 1 heterocycles. The molecule has 0 spiro atoms. The molecular weight excluding hydrogens is 294 g/mol. The Morgan fingerprint density at radius 2 is 1.94 bits per heavy atom. The second-order valence-electron chi connectivity index (χ2n) is 3.94. The molecule has 1 aromatic heterocycles. The summed E-state index contributed by atoms with van der Waals surface area (Å²) in [6.07, 6.45) is 0. The number of nitrogens with one attached hydrogen (secondary N) is 1. The summed E-state index contributed by atoms with van der Waals surface area (Å²) in [6.45, 7) is 2.25. The van der Waals surface area contributed by atoms with Crippen molar-refractivity contribution >= 4 is 15.9 Å². The van der Waals surface area contributed by atoms with E-state index >= 15 is 0 Å². The summed E-state index contributed by atoms with van der Waals surface area (Å²) >= 11 is 3.42. The van der Waals surface area contributed by atoms with Crippen LogP contribution in [0.4, 0.5) is 0 Å². The zero-order valence-corrected chi connectivity index (χ0v) is 11.9. The fourth-order valence-electron chi connectivity index (χ4n) is 1.63. The van der Waals surface area contributed by atoms with E-state index in [9.17, 15) is 0 Å². The molecule has 1 N–H and O–H groups in total. The quantitative estimate of drug-likeness (QED) is 0.830. The molecule has 0 amide bonds. The van der Waals surface area contributed by atoms with Gasteiger partial charge in [0.2, 0.25) is 0 Å². The van der Waals surface area contributed by atoms with E-state index in [0.29, 0.717) is 6.61 Å². The molecule has 2 aromatic rings. The maximum absolute atomic E-state index is 5.77. The molecular formula is C14H16BrNO2. The topological polar surface area (TPSA) is 34.4 Å². The molecule has 0 fully saturated rings. The highest BCUT2D eigenvalue weighted by molar-refractivity contribution is 9.10. The summed E-state index contributed by atoms with van der Waals surface area (Å²) in [5.41, 5.74) is 1.08. The van der Waals surface area contributed by atoms with Gasteiger partial charge < -0.3 is 14.5 Å². The van der Waals surface area contributed by atoms with Crippen molar-refractivity contribution in [2.75, 3.05) is 20.3 Å². The average molecular weight is 310 g/mol. The number of furan rings is 1. The minimum absolute atomic E-state index is 0.709. The zero-order chi connectivity index (χ0) is 12.8. The van der Waals surface area contributed by atoms with Gasteiger partial charge in [0, 0.05) is 23.7 Å². The number of hydrogen-bond acceptors (Lipinski definition) is 3. The zero-order valence-electron chi connectivity index (χ0n) is 10.3. The van der Waals surface area contributed by atoms with E-state index in [0.717, 1.165) is 34.6 Å². The lowest BCUT2D eigenvalue weighted by Crippen LogP contribution is -2.18. The summed E-state index contributed by atoms with van der Waals surface area (Å²) in [5, 5.41) is 3.25. The Hall–Kier alpha value is -1.10. The molecule has 1 aromatic carbocycles. The van der Waals surface area contributed by atoms with Crippen LogP contribution in [0.5, 0.6) is 0 Å². The summed E-state index contributed by atoms with van der Waals surface area (Å²) in [6, 6.07) is 12.1. The Morgan fingerprint density at radius 3 is 2.67 bits per heavy atom. The number of hydrogen-bond donors (Lipinski definition) is 1.